The third kappa shape index (κ3) is 5.29. The van der Waals surface area contributed by atoms with Gasteiger partial charge < -0.3 is 16.0 Å². The molecule has 5 heteroatoms. The van der Waals surface area contributed by atoms with Crippen molar-refractivity contribution in [3.05, 3.63) is 22.4 Å². The summed E-state index contributed by atoms with van der Waals surface area (Å²) >= 11 is 3.18. The van der Waals surface area contributed by atoms with Crippen LogP contribution in [0.5, 0.6) is 0 Å². The Morgan fingerprint density at radius 3 is 2.60 bits per heavy atom. The number of hydrogen-bond donors (Lipinski definition) is 2. The topological polar surface area (TPSA) is 41.3 Å². The molecule has 0 heterocycles. The minimum Gasteiger partial charge on any atom is -0.397 e. The first-order valence-electron chi connectivity index (χ1n) is 7.21. The molecule has 0 spiro atoms. The first kappa shape index (κ1) is 17.2. The second-order valence-electron chi connectivity index (χ2n) is 5.07. The summed E-state index contributed by atoms with van der Waals surface area (Å²) in [4.78, 5) is 2.41. The van der Waals surface area contributed by atoms with E-state index in [0.717, 1.165) is 38.2 Å². The van der Waals surface area contributed by atoms with Gasteiger partial charge >= 0.3 is 0 Å². The summed E-state index contributed by atoms with van der Waals surface area (Å²) in [5.74, 6) is -0.331. The predicted molar refractivity (Wildman–Crippen MR) is 88.6 cm³/mol. The number of rotatable bonds is 8. The molecule has 20 heavy (non-hydrogen) atoms. The molecule has 3 N–H and O–H groups in total. The highest BCUT2D eigenvalue weighted by molar-refractivity contribution is 9.10. The van der Waals surface area contributed by atoms with Crippen molar-refractivity contribution in [2.75, 3.05) is 30.7 Å². The van der Waals surface area contributed by atoms with Gasteiger partial charge in [0.2, 0.25) is 0 Å². The molecule has 0 radical (unpaired) electrons. The number of anilines is 2. The van der Waals surface area contributed by atoms with E-state index < -0.39 is 0 Å². The van der Waals surface area contributed by atoms with Gasteiger partial charge in [0.1, 0.15) is 5.82 Å². The largest absolute Gasteiger partial charge is 0.397 e. The van der Waals surface area contributed by atoms with Crippen LogP contribution in [0.4, 0.5) is 15.8 Å². The summed E-state index contributed by atoms with van der Waals surface area (Å²) in [5.41, 5.74) is 7.06. The molecule has 1 atom stereocenters. The third-order valence-electron chi connectivity index (χ3n) is 3.50. The lowest BCUT2D eigenvalue weighted by molar-refractivity contribution is 0.295. The van der Waals surface area contributed by atoms with Crippen LogP contribution >= 0.6 is 15.9 Å². The summed E-state index contributed by atoms with van der Waals surface area (Å²) < 4.78 is 13.7. The lowest BCUT2D eigenvalue weighted by Gasteiger charge is -2.21. The van der Waals surface area contributed by atoms with Crippen molar-refractivity contribution < 1.29 is 4.39 Å². The molecule has 0 aliphatic heterocycles. The summed E-state index contributed by atoms with van der Waals surface area (Å²) in [7, 11) is 0. The fourth-order valence-electron chi connectivity index (χ4n) is 2.19. The zero-order valence-corrected chi connectivity index (χ0v) is 14.1. The number of nitrogens with one attached hydrogen (secondary N) is 1. The highest BCUT2D eigenvalue weighted by Gasteiger charge is 2.09. The van der Waals surface area contributed by atoms with E-state index in [-0.39, 0.29) is 5.82 Å². The molecule has 3 nitrogen and oxygen atoms in total. The fourth-order valence-corrected chi connectivity index (χ4v) is 2.53. The van der Waals surface area contributed by atoms with Crippen molar-refractivity contribution in [2.45, 2.75) is 39.7 Å². The van der Waals surface area contributed by atoms with Crippen molar-refractivity contribution in [3.63, 3.8) is 0 Å². The molecule has 0 aliphatic carbocycles. The SMILES string of the molecule is CCN(CC)CCCC(C)Nc1cc(Br)c(F)cc1N. The van der Waals surface area contributed by atoms with Crippen LogP contribution in [0.3, 0.4) is 0 Å². The van der Waals surface area contributed by atoms with Crippen LogP contribution in [0.25, 0.3) is 0 Å². The number of nitrogen functional groups attached to an aromatic ring is 1. The fraction of sp³-hybridized carbons (Fsp3) is 0.600. The van der Waals surface area contributed by atoms with Gasteiger partial charge in [-0.25, -0.2) is 4.39 Å². The molecule has 0 fully saturated rings. The monoisotopic (exact) mass is 345 g/mol. The highest BCUT2D eigenvalue weighted by atomic mass is 79.9. The van der Waals surface area contributed by atoms with Crippen LogP contribution in [0, 0.1) is 5.82 Å². The molecular weight excluding hydrogens is 321 g/mol. The average molecular weight is 346 g/mol. The van der Waals surface area contributed by atoms with E-state index in [1.54, 1.807) is 6.07 Å². The van der Waals surface area contributed by atoms with Crippen molar-refractivity contribution in [2.24, 2.45) is 0 Å². The summed E-state index contributed by atoms with van der Waals surface area (Å²) in [6, 6.07) is 3.35. The standard InChI is InChI=1S/C15H25BrFN3/c1-4-20(5-2)8-6-7-11(3)19-15-9-12(16)13(17)10-14(15)18/h9-11,19H,4-8,18H2,1-3H3. The van der Waals surface area contributed by atoms with Gasteiger partial charge in [-0.3, -0.25) is 0 Å². The summed E-state index contributed by atoms with van der Waals surface area (Å²) in [6.45, 7) is 9.79. The summed E-state index contributed by atoms with van der Waals surface area (Å²) in [5, 5.41) is 3.35. The molecule has 0 aromatic heterocycles. The number of halogens is 2. The van der Waals surface area contributed by atoms with Gasteiger partial charge in [0.15, 0.2) is 0 Å². The molecular formula is C15H25BrFN3. The van der Waals surface area contributed by atoms with E-state index in [1.807, 2.05) is 0 Å². The Kier molecular flexibility index (Phi) is 7.30. The normalized spacial score (nSPS) is 12.7. The van der Waals surface area contributed by atoms with Gasteiger partial charge in [-0.2, -0.15) is 0 Å². The first-order valence-corrected chi connectivity index (χ1v) is 8.00. The maximum absolute atomic E-state index is 13.3. The van der Waals surface area contributed by atoms with Crippen LogP contribution in [0.2, 0.25) is 0 Å². The van der Waals surface area contributed by atoms with Crippen LogP contribution < -0.4 is 11.1 Å². The van der Waals surface area contributed by atoms with Gasteiger partial charge in [0.05, 0.1) is 15.8 Å². The Bertz CT molecular complexity index is 422. The number of hydrogen-bond acceptors (Lipinski definition) is 3. The van der Waals surface area contributed by atoms with Crippen LogP contribution in [-0.4, -0.2) is 30.6 Å². The smallest absolute Gasteiger partial charge is 0.139 e. The first-order chi connectivity index (χ1) is 9.47. The second-order valence-corrected chi connectivity index (χ2v) is 5.92. The Labute approximate surface area is 129 Å². The van der Waals surface area contributed by atoms with Gasteiger partial charge in [-0.1, -0.05) is 13.8 Å². The molecule has 114 valence electrons. The lowest BCUT2D eigenvalue weighted by atomic mass is 10.1. The van der Waals surface area contributed by atoms with E-state index in [9.17, 15) is 4.39 Å². The van der Waals surface area contributed by atoms with Crippen LogP contribution in [-0.2, 0) is 0 Å². The van der Waals surface area contributed by atoms with Crippen molar-refractivity contribution in [1.82, 2.24) is 4.90 Å². The molecule has 0 saturated heterocycles. The van der Waals surface area contributed by atoms with E-state index in [1.165, 1.54) is 6.07 Å². The Balaban J connectivity index is 2.46. The zero-order chi connectivity index (χ0) is 15.1. The molecule has 1 aromatic rings. The lowest BCUT2D eigenvalue weighted by Crippen LogP contribution is -2.25. The van der Waals surface area contributed by atoms with E-state index in [0.29, 0.717) is 16.2 Å². The van der Waals surface area contributed by atoms with E-state index in [4.69, 9.17) is 5.73 Å². The van der Waals surface area contributed by atoms with Crippen molar-refractivity contribution >= 4 is 27.3 Å². The molecule has 1 rings (SSSR count). The van der Waals surface area contributed by atoms with Crippen LogP contribution in [0.1, 0.15) is 33.6 Å². The predicted octanol–water partition coefficient (Wildman–Crippen LogP) is 4.09. The zero-order valence-electron chi connectivity index (χ0n) is 12.5. The van der Waals surface area contributed by atoms with E-state index >= 15 is 0 Å². The average Bonchev–Trinajstić information content (AvgIpc) is 2.41. The Hall–Kier alpha value is -0.810. The second kappa shape index (κ2) is 8.47. The molecule has 1 aromatic carbocycles. The molecule has 1 unspecified atom stereocenters. The Morgan fingerprint density at radius 1 is 1.35 bits per heavy atom. The van der Waals surface area contributed by atoms with Gasteiger partial charge in [0.25, 0.3) is 0 Å². The maximum atomic E-state index is 13.3. The minimum absolute atomic E-state index is 0.310. The maximum Gasteiger partial charge on any atom is 0.139 e. The molecule has 0 aliphatic rings. The van der Waals surface area contributed by atoms with Crippen LogP contribution in [0.15, 0.2) is 16.6 Å². The third-order valence-corrected chi connectivity index (χ3v) is 4.11. The number of benzene rings is 1. The number of nitrogens with two attached hydrogens (primary N) is 1. The van der Waals surface area contributed by atoms with Crippen molar-refractivity contribution in [1.29, 1.82) is 0 Å². The minimum atomic E-state index is -0.331. The molecule has 0 amide bonds. The van der Waals surface area contributed by atoms with Gasteiger partial charge in [-0.15, -0.1) is 0 Å². The molecule has 0 saturated carbocycles. The van der Waals surface area contributed by atoms with Gasteiger partial charge in [-0.05, 0) is 61.4 Å². The quantitative estimate of drug-likeness (QED) is 0.697. The summed E-state index contributed by atoms with van der Waals surface area (Å²) in [6.07, 6.45) is 2.20. The molecule has 0 bridgehead atoms. The van der Waals surface area contributed by atoms with Crippen molar-refractivity contribution in [3.8, 4) is 0 Å². The van der Waals surface area contributed by atoms with Gasteiger partial charge in [0, 0.05) is 12.1 Å². The Morgan fingerprint density at radius 2 is 2.00 bits per heavy atom. The highest BCUT2D eigenvalue weighted by Crippen LogP contribution is 2.27. The number of nitrogens with zero attached hydrogens (tertiary/aromatic N) is 1. The van der Waals surface area contributed by atoms with E-state index in [2.05, 4.69) is 46.9 Å².